The average molecular weight is 598 g/mol. The smallest absolute Gasteiger partial charge is 0.316 e. The summed E-state index contributed by atoms with van der Waals surface area (Å²) in [5.74, 6) is 5.97. The zero-order valence-electron chi connectivity index (χ0n) is 26.1. The Hall–Kier alpha value is 0.172. The Morgan fingerprint density at radius 2 is 0.381 bits per heavy atom. The lowest BCUT2D eigenvalue weighted by molar-refractivity contribution is 0.167. The van der Waals surface area contributed by atoms with Gasteiger partial charge in [-0.15, -0.1) is 0 Å². The molecule has 42 heavy (non-hydrogen) atoms. The SMILES string of the molecule is C1CCC2C3NC(NC4NC(NC5NC(NC6NC(N3)C3CCCCC63)C3CCCCC53)C3CCCCC43)C2C1.[NH2][AlH2]. The predicted octanol–water partition coefficient (Wildman–Crippen LogP) is 1.10. The highest BCUT2D eigenvalue weighted by molar-refractivity contribution is 6.02. The minimum atomic E-state index is 0.420. The number of fused-ring (bicyclic) bond motifs is 20. The van der Waals surface area contributed by atoms with Crippen LogP contribution in [0.15, 0.2) is 0 Å². The third-order valence-electron chi connectivity index (χ3n) is 13.8. The topological polar surface area (TPSA) is 122 Å². The highest BCUT2D eigenvalue weighted by Gasteiger charge is 2.54. The molecule has 0 amide bonds. The van der Waals surface area contributed by atoms with Crippen molar-refractivity contribution in [3.8, 4) is 0 Å². The Labute approximate surface area is 262 Å². The first-order valence-electron chi connectivity index (χ1n) is 18.5. The minimum Gasteiger partial charge on any atom is -0.418 e. The van der Waals surface area contributed by atoms with Crippen LogP contribution < -0.4 is 47.3 Å². The van der Waals surface area contributed by atoms with Crippen LogP contribution in [0.4, 0.5) is 0 Å². The normalized spacial score (nSPS) is 55.0. The van der Waals surface area contributed by atoms with Crippen LogP contribution in [0.5, 0.6) is 0 Å². The third-order valence-corrected chi connectivity index (χ3v) is 13.8. The quantitative estimate of drug-likeness (QED) is 0.189. The lowest BCUT2D eigenvalue weighted by Crippen LogP contribution is -2.61. The van der Waals surface area contributed by atoms with Crippen molar-refractivity contribution in [2.45, 2.75) is 152 Å². The maximum Gasteiger partial charge on any atom is 0.316 e. The maximum absolute atomic E-state index is 4.64. The second kappa shape index (κ2) is 12.8. The average Bonchev–Trinajstić information content (AvgIpc) is 3.78. The number of hydrogen-bond donors (Lipinski definition) is 9. The monoisotopic (exact) mass is 597 g/mol. The molecule has 10 N–H and O–H groups in total. The van der Waals surface area contributed by atoms with E-state index < -0.39 is 0 Å². The van der Waals surface area contributed by atoms with Crippen molar-refractivity contribution in [3.05, 3.63) is 0 Å². The fourth-order valence-corrected chi connectivity index (χ4v) is 12.0. The van der Waals surface area contributed by atoms with Gasteiger partial charge in [-0.05, 0) is 98.7 Å². The highest BCUT2D eigenvalue weighted by Crippen LogP contribution is 2.45. The van der Waals surface area contributed by atoms with Gasteiger partial charge in [-0.2, -0.15) is 0 Å². The molecule has 0 aromatic rings. The first kappa shape index (κ1) is 29.6. The standard InChI is InChI=1S/C32H56N8.Al.H2N.2H/c1-2-10-18-17(9-1)25-33-26(18)38-28-21-13-5-6-14-22(21)30(35-28)40-32-24-16-8-7-15-23(24)31(36-32)39-29-20-12-4-3-11-19(20)27(34-29)37-25;;;;/h17-40H,1-16H2;;1H2;;/q;+1;-1;;. The second-order valence-electron chi connectivity index (χ2n) is 15.6. The summed E-state index contributed by atoms with van der Waals surface area (Å²) in [7, 11) is 0. The van der Waals surface area contributed by atoms with E-state index in [0.29, 0.717) is 49.3 Å². The third kappa shape index (κ3) is 5.27. The molecule has 236 valence electrons. The molecular weight excluding hydrogens is 537 g/mol. The molecule has 9 nitrogen and oxygen atoms in total. The van der Waals surface area contributed by atoms with E-state index >= 15 is 0 Å². The Bertz CT molecular complexity index is 718. The maximum atomic E-state index is 4.64. The molecule has 5 aliphatic heterocycles. The summed E-state index contributed by atoms with van der Waals surface area (Å²) in [5, 5.41) is 33.8. The van der Waals surface area contributed by atoms with Crippen molar-refractivity contribution >= 4 is 16.5 Å². The van der Waals surface area contributed by atoms with Gasteiger partial charge in [0.05, 0.1) is 49.3 Å². The molecule has 0 aromatic carbocycles. The molecule has 10 heteroatoms. The van der Waals surface area contributed by atoms with E-state index in [4.69, 9.17) is 0 Å². The van der Waals surface area contributed by atoms with Gasteiger partial charge in [-0.1, -0.05) is 51.4 Å². The Kier molecular flexibility index (Phi) is 8.98. The van der Waals surface area contributed by atoms with E-state index in [1.165, 1.54) is 103 Å². The van der Waals surface area contributed by atoms with Crippen LogP contribution in [0.1, 0.15) is 103 Å². The van der Waals surface area contributed by atoms with Gasteiger partial charge in [-0.3, -0.25) is 42.5 Å². The van der Waals surface area contributed by atoms with Crippen LogP contribution in [-0.2, 0) is 0 Å². The number of hydrogen-bond acceptors (Lipinski definition) is 9. The number of nitrogens with one attached hydrogen (secondary N) is 8. The van der Waals surface area contributed by atoms with E-state index in [0.717, 1.165) is 63.9 Å². The molecular formula is C32H60AlN9. The molecule has 8 atom stereocenters. The Morgan fingerprint density at radius 1 is 0.262 bits per heavy atom. The van der Waals surface area contributed by atoms with Crippen molar-refractivity contribution in [1.29, 1.82) is 0 Å². The first-order valence-corrected chi connectivity index (χ1v) is 19.6. The molecule has 5 heterocycles. The molecule has 9 rings (SSSR count). The molecule has 0 radical (unpaired) electrons. The van der Waals surface area contributed by atoms with Gasteiger partial charge in [-0.25, -0.2) is 0 Å². The van der Waals surface area contributed by atoms with Gasteiger partial charge >= 0.3 is 16.5 Å². The molecule has 8 unspecified atom stereocenters. The van der Waals surface area contributed by atoms with E-state index in [1.807, 2.05) is 0 Å². The number of rotatable bonds is 0. The highest BCUT2D eigenvalue weighted by atomic mass is 27.1. The molecule has 9 aliphatic rings. The van der Waals surface area contributed by atoms with Crippen molar-refractivity contribution in [3.63, 3.8) is 0 Å². The molecule has 4 aliphatic carbocycles. The molecule has 9 fully saturated rings. The summed E-state index contributed by atoms with van der Waals surface area (Å²) in [6.45, 7) is 0. The van der Waals surface area contributed by atoms with Crippen LogP contribution in [-0.4, -0.2) is 65.8 Å². The van der Waals surface area contributed by atoms with Crippen LogP contribution in [0.2, 0.25) is 0 Å². The lowest BCUT2D eigenvalue weighted by atomic mass is 9.76. The van der Waals surface area contributed by atoms with Gasteiger partial charge in [0.15, 0.2) is 0 Å². The molecule has 0 aromatic heterocycles. The predicted molar refractivity (Wildman–Crippen MR) is 170 cm³/mol. The molecule has 5 saturated heterocycles. The molecule has 8 bridgehead atoms. The Balaban J connectivity index is 0.00000131. The van der Waals surface area contributed by atoms with Gasteiger partial charge in [0.2, 0.25) is 0 Å². The number of nitrogens with two attached hydrogens (primary N) is 1. The molecule has 4 saturated carbocycles. The summed E-state index contributed by atoms with van der Waals surface area (Å²) < 4.78 is 4.64. The fraction of sp³-hybridized carbons (Fsp3) is 1.00. The first-order chi connectivity index (χ1) is 20.8. The van der Waals surface area contributed by atoms with Crippen molar-refractivity contribution in [1.82, 2.24) is 42.5 Å². The lowest BCUT2D eigenvalue weighted by Gasteiger charge is -2.35. The van der Waals surface area contributed by atoms with Crippen molar-refractivity contribution < 1.29 is 0 Å². The summed E-state index contributed by atoms with van der Waals surface area (Å²) >= 11 is 0.806. The van der Waals surface area contributed by atoms with Crippen LogP contribution >= 0.6 is 0 Å². The molecule has 0 spiro atoms. The summed E-state index contributed by atoms with van der Waals surface area (Å²) in [6.07, 6.45) is 25.6. The van der Waals surface area contributed by atoms with Crippen LogP contribution in [0, 0.1) is 47.3 Å². The summed E-state index contributed by atoms with van der Waals surface area (Å²) in [5.41, 5.74) is 0. The van der Waals surface area contributed by atoms with E-state index in [2.05, 4.69) is 47.3 Å². The van der Waals surface area contributed by atoms with E-state index in [9.17, 15) is 0 Å². The van der Waals surface area contributed by atoms with Crippen molar-refractivity contribution in [2.24, 2.45) is 52.1 Å². The van der Waals surface area contributed by atoms with E-state index in [1.54, 1.807) is 0 Å². The van der Waals surface area contributed by atoms with E-state index in [-0.39, 0.29) is 0 Å². The van der Waals surface area contributed by atoms with Gasteiger partial charge < -0.3 is 4.72 Å². The summed E-state index contributed by atoms with van der Waals surface area (Å²) in [4.78, 5) is 0. The zero-order valence-corrected chi connectivity index (χ0v) is 28.1. The Morgan fingerprint density at radius 3 is 0.500 bits per heavy atom. The van der Waals surface area contributed by atoms with Crippen LogP contribution in [0.3, 0.4) is 0 Å². The van der Waals surface area contributed by atoms with Gasteiger partial charge in [0, 0.05) is 0 Å². The van der Waals surface area contributed by atoms with Gasteiger partial charge in [0.25, 0.3) is 0 Å². The van der Waals surface area contributed by atoms with Crippen molar-refractivity contribution in [2.75, 3.05) is 0 Å². The van der Waals surface area contributed by atoms with Crippen LogP contribution in [0.25, 0.3) is 0 Å². The summed E-state index contributed by atoms with van der Waals surface area (Å²) in [6, 6.07) is 0. The largest absolute Gasteiger partial charge is 0.418 e. The second-order valence-corrected chi connectivity index (χ2v) is 15.6. The fourth-order valence-electron chi connectivity index (χ4n) is 12.0. The zero-order chi connectivity index (χ0) is 28.2. The minimum absolute atomic E-state index is 0.420. The van der Waals surface area contributed by atoms with Gasteiger partial charge in [0.1, 0.15) is 0 Å².